The van der Waals surface area contributed by atoms with Crippen LogP contribution in [0.15, 0.2) is 60.2 Å². The fourth-order valence-electron chi connectivity index (χ4n) is 2.52. The molecular weight excluding hydrogens is 316 g/mol. The predicted octanol–water partition coefficient (Wildman–Crippen LogP) is 4.47. The Morgan fingerprint density at radius 1 is 1.08 bits per heavy atom. The van der Waals surface area contributed by atoms with Gasteiger partial charge in [0.15, 0.2) is 11.5 Å². The second-order valence-corrected chi connectivity index (χ2v) is 5.62. The lowest BCUT2D eigenvalue weighted by Crippen LogP contribution is -1.99. The number of benzene rings is 2. The Balaban J connectivity index is 1.87. The number of carbonyl (C=O) groups is 1. The van der Waals surface area contributed by atoms with Crippen LogP contribution in [-0.4, -0.2) is 19.7 Å². The van der Waals surface area contributed by atoms with Crippen LogP contribution in [0.1, 0.15) is 24.5 Å². The zero-order valence-corrected chi connectivity index (χ0v) is 14.3. The van der Waals surface area contributed by atoms with E-state index in [-0.39, 0.29) is 5.97 Å². The molecule has 128 valence electrons. The summed E-state index contributed by atoms with van der Waals surface area (Å²) >= 11 is 0. The average molecular weight is 336 g/mol. The van der Waals surface area contributed by atoms with Crippen LogP contribution in [0, 0.1) is 0 Å². The molecule has 0 unspecified atom stereocenters. The Bertz CT molecular complexity index is 819. The molecule has 0 aromatic heterocycles. The van der Waals surface area contributed by atoms with Crippen molar-refractivity contribution in [1.29, 1.82) is 0 Å². The first-order valence-electron chi connectivity index (χ1n) is 8.23. The van der Waals surface area contributed by atoms with Gasteiger partial charge in [0.2, 0.25) is 0 Å². The highest BCUT2D eigenvalue weighted by molar-refractivity contribution is 6.05. The maximum atomic E-state index is 12.1. The van der Waals surface area contributed by atoms with Crippen LogP contribution >= 0.6 is 0 Å². The molecule has 0 radical (unpaired) electrons. The molecule has 1 heterocycles. The number of carbonyl (C=O) groups excluding carboxylic acids is 1. The summed E-state index contributed by atoms with van der Waals surface area (Å²) in [6.45, 7) is 2.68. The predicted molar refractivity (Wildman–Crippen MR) is 97.3 cm³/mol. The van der Waals surface area contributed by atoms with Gasteiger partial charge in [-0.2, -0.15) is 0 Å². The van der Waals surface area contributed by atoms with Crippen LogP contribution in [0.25, 0.3) is 11.8 Å². The van der Waals surface area contributed by atoms with Crippen molar-refractivity contribution in [3.63, 3.8) is 0 Å². The van der Waals surface area contributed by atoms with Crippen LogP contribution < -0.4 is 9.47 Å². The molecule has 0 spiro atoms. The van der Waals surface area contributed by atoms with Crippen molar-refractivity contribution in [1.82, 2.24) is 0 Å². The lowest BCUT2D eigenvalue weighted by molar-refractivity contribution is -0.130. The fraction of sp³-hybridized carbons (Fsp3) is 0.190. The molecule has 2 aromatic rings. The SMILES string of the molecule is CCCOc1ccc(/C=C2\C=C(c3ccccc3)OC2=O)cc1OC. The number of methoxy groups -OCH3 is 1. The van der Waals surface area contributed by atoms with Crippen molar-refractivity contribution in [2.24, 2.45) is 0 Å². The molecule has 4 heteroatoms. The molecule has 3 rings (SSSR count). The van der Waals surface area contributed by atoms with Crippen molar-refractivity contribution in [3.05, 3.63) is 71.3 Å². The normalized spacial score (nSPS) is 15.0. The van der Waals surface area contributed by atoms with Gasteiger partial charge in [0, 0.05) is 5.56 Å². The molecule has 1 aliphatic heterocycles. The maximum absolute atomic E-state index is 12.1. The molecule has 0 amide bonds. The van der Waals surface area contributed by atoms with Gasteiger partial charge in [-0.1, -0.05) is 43.3 Å². The number of ether oxygens (including phenoxy) is 3. The summed E-state index contributed by atoms with van der Waals surface area (Å²) in [5.41, 5.74) is 2.22. The highest BCUT2D eigenvalue weighted by Crippen LogP contribution is 2.31. The summed E-state index contributed by atoms with van der Waals surface area (Å²) in [5.74, 6) is 1.54. The summed E-state index contributed by atoms with van der Waals surface area (Å²) in [5, 5.41) is 0. The van der Waals surface area contributed by atoms with E-state index in [1.165, 1.54) is 0 Å². The molecular formula is C21H20O4. The molecule has 25 heavy (non-hydrogen) atoms. The first-order valence-corrected chi connectivity index (χ1v) is 8.23. The van der Waals surface area contributed by atoms with E-state index in [0.717, 1.165) is 17.5 Å². The van der Waals surface area contributed by atoms with Crippen molar-refractivity contribution in [2.75, 3.05) is 13.7 Å². The molecule has 0 atom stereocenters. The Labute approximate surface area is 147 Å². The monoisotopic (exact) mass is 336 g/mol. The number of hydrogen-bond acceptors (Lipinski definition) is 4. The van der Waals surface area contributed by atoms with E-state index in [4.69, 9.17) is 14.2 Å². The van der Waals surface area contributed by atoms with Gasteiger partial charge in [-0.05, 0) is 36.3 Å². The molecule has 0 saturated carbocycles. The first kappa shape index (κ1) is 16.8. The van der Waals surface area contributed by atoms with E-state index >= 15 is 0 Å². The fourth-order valence-corrected chi connectivity index (χ4v) is 2.52. The maximum Gasteiger partial charge on any atom is 0.343 e. The quantitative estimate of drug-likeness (QED) is 0.577. The highest BCUT2D eigenvalue weighted by Gasteiger charge is 2.21. The van der Waals surface area contributed by atoms with Crippen molar-refractivity contribution in [2.45, 2.75) is 13.3 Å². The standard InChI is InChI=1S/C21H20O4/c1-3-11-24-18-10-9-15(13-20(18)23-2)12-17-14-19(25-21(17)22)16-7-5-4-6-8-16/h4-10,12-14H,3,11H2,1-2H3/b17-12+. The Hall–Kier alpha value is -3.01. The smallest absolute Gasteiger partial charge is 0.343 e. The second kappa shape index (κ2) is 7.71. The van der Waals surface area contributed by atoms with E-state index in [1.807, 2.05) is 55.5 Å². The molecule has 0 fully saturated rings. The van der Waals surface area contributed by atoms with Crippen LogP contribution in [0.4, 0.5) is 0 Å². The minimum atomic E-state index is -0.357. The van der Waals surface area contributed by atoms with Crippen LogP contribution in [-0.2, 0) is 9.53 Å². The first-order chi connectivity index (χ1) is 12.2. The lowest BCUT2D eigenvalue weighted by Gasteiger charge is -2.10. The van der Waals surface area contributed by atoms with Crippen LogP contribution in [0.3, 0.4) is 0 Å². The zero-order chi connectivity index (χ0) is 17.6. The molecule has 0 bridgehead atoms. The third-order valence-electron chi connectivity index (χ3n) is 3.75. The van der Waals surface area contributed by atoms with Crippen LogP contribution in [0.2, 0.25) is 0 Å². The Morgan fingerprint density at radius 2 is 1.88 bits per heavy atom. The largest absolute Gasteiger partial charge is 0.493 e. The zero-order valence-electron chi connectivity index (χ0n) is 14.3. The molecule has 0 saturated heterocycles. The van der Waals surface area contributed by atoms with Gasteiger partial charge in [0.05, 0.1) is 19.3 Å². The highest BCUT2D eigenvalue weighted by atomic mass is 16.5. The Kier molecular flexibility index (Phi) is 5.19. The van der Waals surface area contributed by atoms with E-state index in [1.54, 1.807) is 19.3 Å². The van der Waals surface area contributed by atoms with Gasteiger partial charge in [0.25, 0.3) is 0 Å². The molecule has 4 nitrogen and oxygen atoms in total. The van der Waals surface area contributed by atoms with Gasteiger partial charge in [-0.15, -0.1) is 0 Å². The van der Waals surface area contributed by atoms with Gasteiger partial charge >= 0.3 is 5.97 Å². The van der Waals surface area contributed by atoms with Crippen LogP contribution in [0.5, 0.6) is 11.5 Å². The number of cyclic esters (lactones) is 1. The number of hydrogen-bond donors (Lipinski definition) is 0. The molecule has 2 aromatic carbocycles. The summed E-state index contributed by atoms with van der Waals surface area (Å²) in [7, 11) is 1.60. The second-order valence-electron chi connectivity index (χ2n) is 5.62. The lowest BCUT2D eigenvalue weighted by atomic mass is 10.1. The number of esters is 1. The molecule has 0 N–H and O–H groups in total. The Morgan fingerprint density at radius 3 is 2.60 bits per heavy atom. The summed E-state index contributed by atoms with van der Waals surface area (Å²) in [4.78, 5) is 12.1. The van der Waals surface area contributed by atoms with Gasteiger partial charge in [-0.25, -0.2) is 4.79 Å². The molecule has 0 aliphatic carbocycles. The van der Waals surface area contributed by atoms with E-state index < -0.39 is 0 Å². The third-order valence-corrected chi connectivity index (χ3v) is 3.75. The summed E-state index contributed by atoms with van der Waals surface area (Å²) < 4.78 is 16.4. The van der Waals surface area contributed by atoms with E-state index in [2.05, 4.69) is 0 Å². The van der Waals surface area contributed by atoms with Gasteiger partial charge < -0.3 is 14.2 Å². The van der Waals surface area contributed by atoms with Crippen molar-refractivity contribution < 1.29 is 19.0 Å². The average Bonchev–Trinajstić information content (AvgIpc) is 3.02. The van der Waals surface area contributed by atoms with Gasteiger partial charge in [-0.3, -0.25) is 0 Å². The van der Waals surface area contributed by atoms with Crippen molar-refractivity contribution >= 4 is 17.8 Å². The topological polar surface area (TPSA) is 44.8 Å². The molecule has 1 aliphatic rings. The summed E-state index contributed by atoms with van der Waals surface area (Å²) in [6, 6.07) is 15.1. The minimum absolute atomic E-state index is 0.357. The summed E-state index contributed by atoms with van der Waals surface area (Å²) in [6.07, 6.45) is 4.46. The van der Waals surface area contributed by atoms with Gasteiger partial charge in [0.1, 0.15) is 5.76 Å². The number of rotatable bonds is 6. The van der Waals surface area contributed by atoms with E-state index in [0.29, 0.717) is 29.4 Å². The van der Waals surface area contributed by atoms with Crippen molar-refractivity contribution in [3.8, 4) is 11.5 Å². The van der Waals surface area contributed by atoms with E-state index in [9.17, 15) is 4.79 Å². The third kappa shape index (κ3) is 3.91. The minimum Gasteiger partial charge on any atom is -0.493 e.